The van der Waals surface area contributed by atoms with E-state index in [-0.39, 0.29) is 5.41 Å². The van der Waals surface area contributed by atoms with Crippen LogP contribution in [0.4, 0.5) is 34.1 Å². The fourth-order valence-corrected chi connectivity index (χ4v) is 10.0. The predicted octanol–water partition coefficient (Wildman–Crippen LogP) is 15.2. The molecule has 3 nitrogen and oxygen atoms in total. The molecular weight excluding hydrogens is 689 g/mol. The Labute approximate surface area is 323 Å². The minimum Gasteiger partial charge on any atom is -0.454 e. The van der Waals surface area contributed by atoms with E-state index in [9.17, 15) is 0 Å². The van der Waals surface area contributed by atoms with Crippen LogP contribution in [0, 0.1) is 0 Å². The fourth-order valence-electron chi connectivity index (χ4n) is 8.81. The Balaban J connectivity index is 1.11. The summed E-state index contributed by atoms with van der Waals surface area (Å²) in [4.78, 5) is 4.79. The molecule has 0 aliphatic carbocycles. The second-order valence-corrected chi connectivity index (χ2v) is 16.0. The van der Waals surface area contributed by atoms with Crippen molar-refractivity contribution < 1.29 is 4.42 Å². The molecule has 10 aromatic rings. The maximum Gasteiger partial charge on any atom is 0.159 e. The normalized spacial score (nSPS) is 13.4. The first-order chi connectivity index (χ1) is 27.0. The largest absolute Gasteiger partial charge is 0.454 e. The van der Waals surface area contributed by atoms with Crippen molar-refractivity contribution in [1.29, 1.82) is 0 Å². The molecular formula is C51H36N2OS. The number of thiophene rings is 1. The monoisotopic (exact) mass is 724 g/mol. The Morgan fingerprint density at radius 1 is 0.527 bits per heavy atom. The lowest BCUT2D eigenvalue weighted by molar-refractivity contribution is 0.632. The molecule has 0 unspecified atom stereocenters. The van der Waals surface area contributed by atoms with Crippen LogP contribution in [-0.2, 0) is 5.41 Å². The van der Waals surface area contributed by atoms with Crippen LogP contribution in [0.3, 0.4) is 0 Å². The van der Waals surface area contributed by atoms with Crippen LogP contribution in [0.25, 0.3) is 53.2 Å². The van der Waals surface area contributed by atoms with Gasteiger partial charge in [0, 0.05) is 59.0 Å². The summed E-state index contributed by atoms with van der Waals surface area (Å²) in [5, 5.41) is 4.80. The first-order valence-electron chi connectivity index (χ1n) is 18.8. The molecule has 1 aliphatic rings. The zero-order valence-electron chi connectivity index (χ0n) is 30.5. The summed E-state index contributed by atoms with van der Waals surface area (Å²) in [6, 6.07) is 65.8. The molecule has 0 N–H and O–H groups in total. The topological polar surface area (TPSA) is 19.6 Å². The summed E-state index contributed by atoms with van der Waals surface area (Å²) in [6.45, 7) is 4.69. The maximum atomic E-state index is 6.57. The molecule has 8 aromatic carbocycles. The molecule has 0 radical (unpaired) electrons. The predicted molar refractivity (Wildman–Crippen MR) is 234 cm³/mol. The zero-order valence-corrected chi connectivity index (χ0v) is 31.3. The average Bonchev–Trinajstić information content (AvgIpc) is 3.81. The number of benzene rings is 8. The highest BCUT2D eigenvalue weighted by Crippen LogP contribution is 2.53. The summed E-state index contributed by atoms with van der Waals surface area (Å²) >= 11 is 1.88. The lowest BCUT2D eigenvalue weighted by Crippen LogP contribution is -2.30. The van der Waals surface area contributed by atoms with Gasteiger partial charge in [-0.25, -0.2) is 0 Å². The number of para-hydroxylation sites is 5. The summed E-state index contributed by atoms with van der Waals surface area (Å²) < 4.78 is 9.16. The van der Waals surface area contributed by atoms with Gasteiger partial charge in [0.2, 0.25) is 0 Å². The van der Waals surface area contributed by atoms with Crippen LogP contribution >= 0.6 is 11.3 Å². The summed E-state index contributed by atoms with van der Waals surface area (Å²) in [5.41, 5.74) is 13.5. The van der Waals surface area contributed by atoms with Gasteiger partial charge in [0.25, 0.3) is 0 Å². The van der Waals surface area contributed by atoms with Gasteiger partial charge in [0.15, 0.2) is 5.58 Å². The second kappa shape index (κ2) is 12.2. The van der Waals surface area contributed by atoms with E-state index < -0.39 is 0 Å². The number of rotatable bonds is 5. The summed E-state index contributed by atoms with van der Waals surface area (Å²) in [5.74, 6) is 0. The number of hydrogen-bond acceptors (Lipinski definition) is 4. The molecule has 3 heterocycles. The molecule has 0 bridgehead atoms. The van der Waals surface area contributed by atoms with E-state index in [2.05, 4.69) is 194 Å². The Hall–Kier alpha value is -6.62. The number of fused-ring (bicyclic) bond motifs is 8. The zero-order chi connectivity index (χ0) is 36.7. The van der Waals surface area contributed by atoms with Crippen molar-refractivity contribution in [3.8, 4) is 11.1 Å². The highest BCUT2D eigenvalue weighted by molar-refractivity contribution is 7.26. The SMILES string of the molecule is CC1(C)c2ccccc2N(c2cc(-c3ccc(N(c4ccccc4)c4cccc5c4oc4ccccc45)cc3)c3sc4ccccc4c3c2)c2ccccc21. The minimum absolute atomic E-state index is 0.126. The van der Waals surface area contributed by atoms with Crippen molar-refractivity contribution >= 4 is 87.6 Å². The van der Waals surface area contributed by atoms with Crippen LogP contribution in [-0.4, -0.2) is 0 Å². The number of anilines is 6. The summed E-state index contributed by atoms with van der Waals surface area (Å²) in [6.07, 6.45) is 0. The quantitative estimate of drug-likeness (QED) is 0.176. The Kier molecular flexibility index (Phi) is 7.07. The van der Waals surface area contributed by atoms with E-state index in [1.54, 1.807) is 0 Å². The number of furan rings is 1. The van der Waals surface area contributed by atoms with Gasteiger partial charge in [-0.2, -0.15) is 0 Å². The Bertz CT molecular complexity index is 3030. The molecule has 262 valence electrons. The molecule has 2 aromatic heterocycles. The molecule has 0 saturated heterocycles. The van der Waals surface area contributed by atoms with E-state index in [1.165, 1.54) is 53.8 Å². The van der Waals surface area contributed by atoms with Gasteiger partial charge in [-0.1, -0.05) is 129 Å². The van der Waals surface area contributed by atoms with Gasteiger partial charge in [0.05, 0.1) is 17.1 Å². The third-order valence-electron chi connectivity index (χ3n) is 11.4. The first-order valence-corrected chi connectivity index (χ1v) is 19.7. The van der Waals surface area contributed by atoms with Crippen LogP contribution in [0.2, 0.25) is 0 Å². The van der Waals surface area contributed by atoms with E-state index in [0.717, 1.165) is 44.7 Å². The van der Waals surface area contributed by atoms with E-state index in [0.29, 0.717) is 0 Å². The minimum atomic E-state index is -0.126. The Morgan fingerprint density at radius 2 is 1.15 bits per heavy atom. The van der Waals surface area contributed by atoms with Gasteiger partial charge in [-0.3, -0.25) is 0 Å². The van der Waals surface area contributed by atoms with Crippen molar-refractivity contribution in [1.82, 2.24) is 0 Å². The van der Waals surface area contributed by atoms with Gasteiger partial charge in [-0.05, 0) is 83.4 Å². The molecule has 0 amide bonds. The molecule has 0 saturated carbocycles. The van der Waals surface area contributed by atoms with Crippen LogP contribution in [0.1, 0.15) is 25.0 Å². The summed E-state index contributed by atoms with van der Waals surface area (Å²) in [7, 11) is 0. The fraction of sp³-hybridized carbons (Fsp3) is 0.0588. The van der Waals surface area contributed by atoms with Crippen molar-refractivity contribution in [2.75, 3.05) is 9.80 Å². The number of nitrogens with zero attached hydrogens (tertiary/aromatic N) is 2. The molecule has 0 fully saturated rings. The third kappa shape index (κ3) is 4.88. The molecule has 1 aliphatic heterocycles. The van der Waals surface area contributed by atoms with Gasteiger partial charge >= 0.3 is 0 Å². The molecule has 55 heavy (non-hydrogen) atoms. The smallest absolute Gasteiger partial charge is 0.159 e. The number of hydrogen-bond donors (Lipinski definition) is 0. The van der Waals surface area contributed by atoms with Gasteiger partial charge in [0.1, 0.15) is 5.58 Å². The van der Waals surface area contributed by atoms with Crippen molar-refractivity contribution in [2.24, 2.45) is 0 Å². The van der Waals surface area contributed by atoms with E-state index >= 15 is 0 Å². The highest BCUT2D eigenvalue weighted by Gasteiger charge is 2.36. The van der Waals surface area contributed by atoms with Crippen molar-refractivity contribution in [3.05, 3.63) is 193 Å². The second-order valence-electron chi connectivity index (χ2n) is 14.9. The standard InChI is InChI=1S/C51H36N2OS/c1-51(2)42-20-8-10-22-44(42)53(45-23-11-9-21-43(45)51)36-31-40(50-41(32-36)38-18-7-13-26-48(38)55-50)33-27-29-35(30-28-33)52(34-15-4-3-5-16-34)46-24-14-19-39-37-17-6-12-25-47(37)54-49(39)46/h3-32H,1-2H3. The molecule has 0 spiro atoms. The van der Waals surface area contributed by atoms with Crippen LogP contribution in [0.5, 0.6) is 0 Å². The maximum absolute atomic E-state index is 6.57. The van der Waals surface area contributed by atoms with Gasteiger partial charge < -0.3 is 14.2 Å². The molecule has 0 atom stereocenters. The molecule has 11 rings (SSSR count). The van der Waals surface area contributed by atoms with E-state index in [4.69, 9.17) is 4.42 Å². The van der Waals surface area contributed by atoms with Crippen molar-refractivity contribution in [2.45, 2.75) is 19.3 Å². The first kappa shape index (κ1) is 31.9. The lowest BCUT2D eigenvalue weighted by atomic mass is 9.73. The van der Waals surface area contributed by atoms with Crippen molar-refractivity contribution in [3.63, 3.8) is 0 Å². The Morgan fingerprint density at radius 3 is 1.91 bits per heavy atom. The van der Waals surface area contributed by atoms with Gasteiger partial charge in [-0.15, -0.1) is 11.3 Å². The lowest BCUT2D eigenvalue weighted by Gasteiger charge is -2.42. The third-order valence-corrected chi connectivity index (χ3v) is 12.7. The van der Waals surface area contributed by atoms with E-state index in [1.807, 2.05) is 23.5 Å². The van der Waals surface area contributed by atoms with Crippen LogP contribution in [0.15, 0.2) is 186 Å². The molecule has 4 heteroatoms. The highest BCUT2D eigenvalue weighted by atomic mass is 32.1. The van der Waals surface area contributed by atoms with Crippen LogP contribution < -0.4 is 9.80 Å². The average molecular weight is 725 g/mol.